The molecule has 0 fully saturated rings. The van der Waals surface area contributed by atoms with Crippen molar-refractivity contribution < 1.29 is 17.4 Å². The molecule has 2 aromatic rings. The first-order chi connectivity index (χ1) is 9.99. The number of carbonyl (C=O) groups is 1. The molecule has 1 heterocycles. The van der Waals surface area contributed by atoms with E-state index < -0.39 is 18.3 Å². The molecule has 0 aliphatic carbocycles. The number of ether oxygens (including phenoxy) is 1. The third-order valence-electron chi connectivity index (χ3n) is 3.07. The maximum atomic E-state index is 12.5. The highest BCUT2D eigenvalue weighted by Crippen LogP contribution is 2.27. The average Bonchev–Trinajstić information content (AvgIpc) is 2.59. The second-order valence-electron chi connectivity index (χ2n) is 5.73. The van der Waals surface area contributed by atoms with Crippen molar-refractivity contribution in [3.8, 4) is 0 Å². The summed E-state index contributed by atoms with van der Waals surface area (Å²) in [5, 5.41) is 10.2. The van der Waals surface area contributed by atoms with Crippen LogP contribution >= 0.6 is 0 Å². The normalized spacial score (nSPS) is 14.1. The molecule has 0 saturated heterocycles. The van der Waals surface area contributed by atoms with E-state index in [2.05, 4.69) is 0 Å². The molecular weight excluding hydrogens is 254 g/mol. The molecule has 0 unspecified atom stereocenters. The summed E-state index contributed by atoms with van der Waals surface area (Å²) >= 11 is 0. The molecule has 4 heteroatoms. The van der Waals surface area contributed by atoms with Gasteiger partial charge in [0.25, 0.3) is 0 Å². The van der Waals surface area contributed by atoms with E-state index in [1.165, 1.54) is 4.57 Å². The van der Waals surface area contributed by atoms with E-state index in [0.717, 1.165) is 5.39 Å². The predicted octanol–water partition coefficient (Wildman–Crippen LogP) is 3.27. The number of rotatable bonds is 2. The van der Waals surface area contributed by atoms with Gasteiger partial charge in [0.1, 0.15) is 5.60 Å². The Labute approximate surface area is 121 Å². The molecule has 0 radical (unpaired) electrons. The monoisotopic (exact) mass is 277 g/mol. The fraction of sp³-hybridized carbons (Fsp3) is 0.438. The quantitative estimate of drug-likeness (QED) is 0.916. The van der Waals surface area contributed by atoms with Crippen molar-refractivity contribution in [2.75, 3.05) is 6.56 Å². The van der Waals surface area contributed by atoms with E-state index >= 15 is 0 Å². The lowest BCUT2D eigenvalue weighted by atomic mass is 10.1. The number of aryl methyl sites for hydroxylation is 1. The van der Waals surface area contributed by atoms with Crippen LogP contribution in [-0.2, 0) is 11.2 Å². The molecule has 1 N–H and O–H groups in total. The second kappa shape index (κ2) is 5.29. The van der Waals surface area contributed by atoms with Gasteiger partial charge in [0.2, 0.25) is 0 Å². The van der Waals surface area contributed by atoms with Crippen LogP contribution in [0.4, 0.5) is 4.79 Å². The minimum atomic E-state index is -2.34. The zero-order valence-corrected chi connectivity index (χ0v) is 12.2. The van der Waals surface area contributed by atoms with Gasteiger partial charge in [-0.2, -0.15) is 0 Å². The van der Waals surface area contributed by atoms with E-state index in [0.29, 0.717) is 16.8 Å². The molecule has 1 aromatic heterocycles. The second-order valence-corrected chi connectivity index (χ2v) is 5.73. The Morgan fingerprint density at radius 1 is 1.40 bits per heavy atom. The van der Waals surface area contributed by atoms with Gasteiger partial charge in [-0.25, -0.2) is 9.36 Å². The van der Waals surface area contributed by atoms with Crippen molar-refractivity contribution >= 4 is 17.0 Å². The molecule has 0 atom stereocenters. The molecule has 4 nitrogen and oxygen atoms in total. The van der Waals surface area contributed by atoms with Gasteiger partial charge in [-0.1, -0.05) is 18.2 Å². The van der Waals surface area contributed by atoms with Crippen LogP contribution in [0.25, 0.3) is 10.9 Å². The number of hydrogen-bond donors (Lipinski definition) is 1. The molecule has 1 aromatic carbocycles. The maximum absolute atomic E-state index is 12.5. The number of carbonyl (C=O) groups excluding carboxylic acids is 1. The topological polar surface area (TPSA) is 51.5 Å². The van der Waals surface area contributed by atoms with Gasteiger partial charge in [0.05, 0.1) is 8.26 Å². The lowest BCUT2D eigenvalue weighted by Gasteiger charge is -2.20. The molecule has 108 valence electrons. The van der Waals surface area contributed by atoms with Crippen molar-refractivity contribution in [1.82, 2.24) is 4.57 Å². The zero-order chi connectivity index (χ0) is 16.7. The third kappa shape index (κ3) is 2.70. The SMILES string of the molecule is [2H]C([2H])(O)Cc1c(C)n(C(=O)OC(C)(C)C)c2ccccc12. The Kier molecular flexibility index (Phi) is 3.17. The summed E-state index contributed by atoms with van der Waals surface area (Å²) in [6, 6.07) is 7.21. The zero-order valence-electron chi connectivity index (χ0n) is 14.2. The Morgan fingerprint density at radius 2 is 2.05 bits per heavy atom. The largest absolute Gasteiger partial charge is 0.443 e. The van der Waals surface area contributed by atoms with Crippen LogP contribution in [0.2, 0.25) is 0 Å². The van der Waals surface area contributed by atoms with Gasteiger partial charge < -0.3 is 9.84 Å². The van der Waals surface area contributed by atoms with Crippen LogP contribution < -0.4 is 0 Å². The van der Waals surface area contributed by atoms with E-state index in [1.807, 2.05) is 12.1 Å². The van der Waals surface area contributed by atoms with E-state index in [9.17, 15) is 9.90 Å². The van der Waals surface area contributed by atoms with Crippen LogP contribution in [0.1, 0.15) is 34.8 Å². The molecule has 0 saturated carbocycles. The van der Waals surface area contributed by atoms with Crippen LogP contribution in [0.15, 0.2) is 24.3 Å². The summed E-state index contributed by atoms with van der Waals surface area (Å²) in [4.78, 5) is 12.5. The standard InChI is InChI=1S/C16H21NO3/c1-11-12(9-10-18)13-7-5-6-8-14(13)17(11)15(19)20-16(2,3)4/h5-8,18H,9-10H2,1-4H3/i10D2. The molecule has 0 amide bonds. The molecule has 0 spiro atoms. The van der Waals surface area contributed by atoms with Gasteiger partial charge in [-0.15, -0.1) is 0 Å². The predicted molar refractivity (Wildman–Crippen MR) is 79.1 cm³/mol. The van der Waals surface area contributed by atoms with Crippen LogP contribution in [-0.4, -0.2) is 27.9 Å². The molecule has 2 rings (SSSR count). The summed E-state index contributed by atoms with van der Waals surface area (Å²) < 4.78 is 21.7. The van der Waals surface area contributed by atoms with Gasteiger partial charge in [-0.05, 0) is 45.7 Å². The minimum absolute atomic E-state index is 0.185. The number of aliphatic hydroxyl groups is 1. The van der Waals surface area contributed by atoms with Gasteiger partial charge in [0.15, 0.2) is 0 Å². The van der Waals surface area contributed by atoms with Crippen LogP contribution in [0, 0.1) is 6.92 Å². The summed E-state index contributed by atoms with van der Waals surface area (Å²) in [5.74, 6) is 0. The molecule has 0 aliphatic heterocycles. The van der Waals surface area contributed by atoms with E-state index in [-0.39, 0.29) is 6.42 Å². The van der Waals surface area contributed by atoms with Crippen molar-refractivity contribution in [3.05, 3.63) is 35.5 Å². The molecule has 0 aliphatic rings. The lowest BCUT2D eigenvalue weighted by Crippen LogP contribution is -2.27. The highest BCUT2D eigenvalue weighted by atomic mass is 16.6. The number of nitrogens with zero attached hydrogens (tertiary/aromatic N) is 1. The van der Waals surface area contributed by atoms with E-state index in [1.54, 1.807) is 39.8 Å². The third-order valence-corrected chi connectivity index (χ3v) is 3.07. The van der Waals surface area contributed by atoms with Crippen molar-refractivity contribution in [3.63, 3.8) is 0 Å². The number of hydrogen-bond acceptors (Lipinski definition) is 3. The van der Waals surface area contributed by atoms with Gasteiger partial charge >= 0.3 is 6.09 Å². The summed E-state index contributed by atoms with van der Waals surface area (Å²) in [6.07, 6.45) is -0.694. The minimum Gasteiger partial charge on any atom is -0.443 e. The first kappa shape index (κ1) is 12.0. The Balaban J connectivity index is 2.60. The average molecular weight is 277 g/mol. The molecule has 0 bridgehead atoms. The van der Waals surface area contributed by atoms with E-state index in [4.69, 9.17) is 7.48 Å². The molecular formula is C16H21NO3. The number of fused-ring (bicyclic) bond motifs is 1. The summed E-state index contributed by atoms with van der Waals surface area (Å²) in [6.45, 7) is 4.76. The summed E-state index contributed by atoms with van der Waals surface area (Å²) in [7, 11) is 0. The number of para-hydroxylation sites is 1. The molecule has 20 heavy (non-hydrogen) atoms. The lowest BCUT2D eigenvalue weighted by molar-refractivity contribution is 0.0541. The fourth-order valence-corrected chi connectivity index (χ4v) is 2.28. The summed E-state index contributed by atoms with van der Waals surface area (Å²) in [5.41, 5.74) is 1.21. The highest BCUT2D eigenvalue weighted by molar-refractivity contribution is 5.93. The number of benzene rings is 1. The van der Waals surface area contributed by atoms with Crippen molar-refractivity contribution in [1.29, 1.82) is 0 Å². The smallest absolute Gasteiger partial charge is 0.419 e. The van der Waals surface area contributed by atoms with Crippen molar-refractivity contribution in [2.45, 2.75) is 39.7 Å². The highest BCUT2D eigenvalue weighted by Gasteiger charge is 2.23. The Hall–Kier alpha value is -1.81. The first-order valence-corrected chi connectivity index (χ1v) is 6.54. The van der Waals surface area contributed by atoms with Crippen molar-refractivity contribution in [2.24, 2.45) is 0 Å². The van der Waals surface area contributed by atoms with Gasteiger partial charge in [-0.3, -0.25) is 0 Å². The van der Waals surface area contributed by atoms with Crippen LogP contribution in [0.3, 0.4) is 0 Å². The fourth-order valence-electron chi connectivity index (χ4n) is 2.28. The van der Waals surface area contributed by atoms with Crippen LogP contribution in [0.5, 0.6) is 0 Å². The first-order valence-electron chi connectivity index (χ1n) is 7.54. The van der Waals surface area contributed by atoms with Gasteiger partial charge in [0, 0.05) is 17.6 Å². The maximum Gasteiger partial charge on any atom is 0.419 e. The Morgan fingerprint density at radius 3 is 2.65 bits per heavy atom. The number of aromatic nitrogens is 1. The Bertz CT molecular complexity index is 708.